The lowest BCUT2D eigenvalue weighted by Crippen LogP contribution is -2.34. The molecule has 5 rings (SSSR count). The van der Waals surface area contributed by atoms with Gasteiger partial charge in [0.05, 0.1) is 16.6 Å². The van der Waals surface area contributed by atoms with Crippen molar-refractivity contribution in [3.8, 4) is 5.69 Å². The number of sulfonamides is 1. The fourth-order valence-corrected chi connectivity index (χ4v) is 5.78. The summed E-state index contributed by atoms with van der Waals surface area (Å²) in [5.41, 5.74) is 0.798. The van der Waals surface area contributed by atoms with Crippen LogP contribution in [0.15, 0.2) is 68.4 Å². The number of carbonyl (C=O) groups excluding carboxylic acids is 1. The molecule has 4 N–H and O–H groups in total. The summed E-state index contributed by atoms with van der Waals surface area (Å²) in [7, 11) is -3.99. The van der Waals surface area contributed by atoms with Gasteiger partial charge < -0.3 is 15.6 Å². The lowest BCUT2D eigenvalue weighted by molar-refractivity contribution is 0.256. The monoisotopic (exact) mass is 511 g/mol. The lowest BCUT2D eigenvalue weighted by Gasteiger charge is -2.10. The van der Waals surface area contributed by atoms with Gasteiger partial charge >= 0.3 is 11.7 Å². The minimum Gasteiger partial charge on any atom is -0.382 e. The van der Waals surface area contributed by atoms with Gasteiger partial charge in [-0.3, -0.25) is 4.79 Å². The van der Waals surface area contributed by atoms with E-state index in [1.165, 1.54) is 30.3 Å². The van der Waals surface area contributed by atoms with Crippen molar-refractivity contribution in [2.24, 2.45) is 0 Å². The fraction of sp³-hybridized carbons (Fsp3) is 0.174. The summed E-state index contributed by atoms with van der Waals surface area (Å²) in [4.78, 5) is 41.5. The molecular weight excluding hydrogens is 490 g/mol. The largest absolute Gasteiger partial charge is 0.382 e. The third-order valence-electron chi connectivity index (χ3n) is 5.44. The Morgan fingerprint density at radius 1 is 1.03 bits per heavy atom. The first-order chi connectivity index (χ1) is 16.7. The quantitative estimate of drug-likeness (QED) is 0.313. The number of rotatable bonds is 6. The minimum absolute atomic E-state index is 0.0332. The van der Waals surface area contributed by atoms with Crippen LogP contribution in [0.2, 0.25) is 0 Å². The molecule has 0 radical (unpaired) electrons. The highest BCUT2D eigenvalue weighted by Gasteiger charge is 2.21. The molecule has 2 heterocycles. The molecule has 2 aromatic heterocycles. The molecule has 0 bridgehead atoms. The van der Waals surface area contributed by atoms with Crippen molar-refractivity contribution in [3.05, 3.63) is 80.3 Å². The van der Waals surface area contributed by atoms with Crippen LogP contribution in [-0.2, 0) is 10.0 Å². The minimum atomic E-state index is -3.99. The zero-order valence-corrected chi connectivity index (χ0v) is 20.1. The number of benzene rings is 2. The normalized spacial score (nSPS) is 13.5. The second-order valence-electron chi connectivity index (χ2n) is 8.22. The number of H-pyrrole nitrogens is 1. The van der Waals surface area contributed by atoms with E-state index in [-0.39, 0.29) is 9.90 Å². The van der Waals surface area contributed by atoms with Gasteiger partial charge in [-0.25, -0.2) is 27.3 Å². The van der Waals surface area contributed by atoms with E-state index in [0.717, 1.165) is 39.3 Å². The molecule has 1 fully saturated rings. The Morgan fingerprint density at radius 2 is 1.74 bits per heavy atom. The standard InChI is InChI=1S/C23H21N5O5S2/c1-13-2-11-20(34-13)35(32,33)27-22(30)25-15-5-8-17(9-6-15)28-21(29)18-10-7-16(24-14-3-4-14)12-19(18)26-23(28)31/h2,5-12,14,24H,3-4H2,1H3,(H,26,31)(H2,25,27,30). The van der Waals surface area contributed by atoms with E-state index >= 15 is 0 Å². The summed E-state index contributed by atoms with van der Waals surface area (Å²) in [5.74, 6) is 0. The molecule has 0 atom stereocenters. The van der Waals surface area contributed by atoms with Gasteiger partial charge in [-0.05, 0) is 74.4 Å². The van der Waals surface area contributed by atoms with Gasteiger partial charge in [0.1, 0.15) is 4.21 Å². The predicted octanol–water partition coefficient (Wildman–Crippen LogP) is 3.13. The smallest absolute Gasteiger partial charge is 0.333 e. The van der Waals surface area contributed by atoms with Crippen molar-refractivity contribution in [1.29, 1.82) is 0 Å². The molecule has 0 spiro atoms. The number of nitrogens with zero attached hydrogens (tertiary/aromatic N) is 1. The Bertz CT molecular complexity index is 1670. The molecule has 1 aliphatic rings. The third kappa shape index (κ3) is 4.84. The van der Waals surface area contributed by atoms with Crippen LogP contribution >= 0.6 is 11.3 Å². The molecule has 0 unspecified atom stereocenters. The molecule has 2 amide bonds. The maximum atomic E-state index is 13.0. The third-order valence-corrected chi connectivity index (χ3v) is 8.26. The van der Waals surface area contributed by atoms with Crippen LogP contribution in [-0.4, -0.2) is 30.0 Å². The van der Waals surface area contributed by atoms with Crippen molar-refractivity contribution in [2.75, 3.05) is 10.6 Å². The summed E-state index contributed by atoms with van der Waals surface area (Å²) in [6.45, 7) is 1.76. The van der Waals surface area contributed by atoms with Crippen molar-refractivity contribution in [1.82, 2.24) is 14.3 Å². The Morgan fingerprint density at radius 3 is 2.40 bits per heavy atom. The highest BCUT2D eigenvalue weighted by atomic mass is 32.2. The van der Waals surface area contributed by atoms with E-state index in [4.69, 9.17) is 0 Å². The number of aryl methyl sites for hydroxylation is 1. The summed E-state index contributed by atoms with van der Waals surface area (Å²) >= 11 is 1.05. The lowest BCUT2D eigenvalue weighted by atomic mass is 10.2. The van der Waals surface area contributed by atoms with Gasteiger partial charge in [0, 0.05) is 22.3 Å². The van der Waals surface area contributed by atoms with E-state index in [9.17, 15) is 22.8 Å². The molecule has 0 saturated heterocycles. The van der Waals surface area contributed by atoms with E-state index < -0.39 is 27.3 Å². The number of hydrogen-bond acceptors (Lipinski definition) is 7. The van der Waals surface area contributed by atoms with E-state index in [1.807, 2.05) is 10.8 Å². The van der Waals surface area contributed by atoms with Crippen LogP contribution in [0.3, 0.4) is 0 Å². The van der Waals surface area contributed by atoms with E-state index in [2.05, 4.69) is 15.6 Å². The summed E-state index contributed by atoms with van der Waals surface area (Å²) in [5, 5.41) is 6.13. The zero-order chi connectivity index (χ0) is 24.7. The van der Waals surface area contributed by atoms with Crippen molar-refractivity contribution < 1.29 is 13.2 Å². The predicted molar refractivity (Wildman–Crippen MR) is 135 cm³/mol. The number of urea groups is 1. The topological polar surface area (TPSA) is 142 Å². The number of aromatic amines is 1. The van der Waals surface area contributed by atoms with Gasteiger partial charge in [-0.1, -0.05) is 0 Å². The number of amides is 2. The van der Waals surface area contributed by atoms with Crippen LogP contribution in [0.5, 0.6) is 0 Å². The molecule has 4 aromatic rings. The molecule has 10 nitrogen and oxygen atoms in total. The number of aromatic nitrogens is 2. The average molecular weight is 512 g/mol. The van der Waals surface area contributed by atoms with Gasteiger partial charge in [-0.2, -0.15) is 0 Å². The van der Waals surface area contributed by atoms with Crippen LogP contribution in [0, 0.1) is 6.92 Å². The molecule has 1 aliphatic carbocycles. The zero-order valence-electron chi connectivity index (χ0n) is 18.5. The summed E-state index contributed by atoms with van der Waals surface area (Å²) in [6.07, 6.45) is 2.21. The Kier molecular flexibility index (Phi) is 5.69. The van der Waals surface area contributed by atoms with Crippen LogP contribution < -0.4 is 26.6 Å². The number of anilines is 2. The molecule has 2 aromatic carbocycles. The highest BCUT2D eigenvalue weighted by Crippen LogP contribution is 2.25. The van der Waals surface area contributed by atoms with E-state index in [0.29, 0.717) is 22.6 Å². The Balaban J connectivity index is 1.35. The van der Waals surface area contributed by atoms with Crippen molar-refractivity contribution in [2.45, 2.75) is 30.0 Å². The summed E-state index contributed by atoms with van der Waals surface area (Å²) in [6, 6.07) is 13.7. The molecule has 12 heteroatoms. The summed E-state index contributed by atoms with van der Waals surface area (Å²) < 4.78 is 27.6. The molecule has 35 heavy (non-hydrogen) atoms. The number of nitrogens with one attached hydrogen (secondary N) is 4. The van der Waals surface area contributed by atoms with Gasteiger partial charge in [0.25, 0.3) is 15.6 Å². The number of carbonyl (C=O) groups is 1. The maximum absolute atomic E-state index is 13.0. The molecule has 0 aliphatic heterocycles. The first-order valence-corrected chi connectivity index (χ1v) is 13.1. The molecular formula is C23H21N5O5S2. The van der Waals surface area contributed by atoms with Gasteiger partial charge in [0.15, 0.2) is 0 Å². The van der Waals surface area contributed by atoms with Crippen LogP contribution in [0.4, 0.5) is 16.2 Å². The van der Waals surface area contributed by atoms with Crippen molar-refractivity contribution >= 4 is 49.7 Å². The molecule has 180 valence electrons. The first kappa shape index (κ1) is 22.9. The maximum Gasteiger partial charge on any atom is 0.333 e. The SMILES string of the molecule is Cc1ccc(S(=O)(=O)NC(=O)Nc2ccc(-n3c(=O)[nH]c4cc(NC5CC5)ccc4c3=O)cc2)s1. The van der Waals surface area contributed by atoms with Crippen LogP contribution in [0.1, 0.15) is 17.7 Å². The number of hydrogen-bond donors (Lipinski definition) is 4. The number of fused-ring (bicyclic) bond motifs is 1. The number of thiophene rings is 1. The van der Waals surface area contributed by atoms with Gasteiger partial charge in [0.2, 0.25) is 0 Å². The van der Waals surface area contributed by atoms with Gasteiger partial charge in [-0.15, -0.1) is 11.3 Å². The second kappa shape index (κ2) is 8.71. The Labute approximate surface area is 203 Å². The first-order valence-electron chi connectivity index (χ1n) is 10.8. The van der Waals surface area contributed by atoms with Crippen LogP contribution in [0.25, 0.3) is 16.6 Å². The second-order valence-corrected chi connectivity index (χ2v) is 11.4. The van der Waals surface area contributed by atoms with Crippen molar-refractivity contribution in [3.63, 3.8) is 0 Å². The highest BCUT2D eigenvalue weighted by molar-refractivity contribution is 7.92. The van der Waals surface area contributed by atoms with E-state index in [1.54, 1.807) is 25.1 Å². The molecule has 1 saturated carbocycles. The Hall–Kier alpha value is -3.90. The average Bonchev–Trinajstić information content (AvgIpc) is 3.49. The fourth-order valence-electron chi connectivity index (χ4n) is 3.58.